The van der Waals surface area contributed by atoms with E-state index in [-0.39, 0.29) is 11.4 Å². The first-order valence-corrected chi connectivity index (χ1v) is 10.5. The maximum Gasteiger partial charge on any atom is 0.254 e. The summed E-state index contributed by atoms with van der Waals surface area (Å²) in [5.74, 6) is 3.47. The van der Waals surface area contributed by atoms with Crippen LogP contribution in [-0.2, 0) is 0 Å². The van der Waals surface area contributed by atoms with E-state index in [0.717, 1.165) is 35.0 Å². The van der Waals surface area contributed by atoms with E-state index in [9.17, 15) is 4.79 Å². The van der Waals surface area contributed by atoms with Crippen LogP contribution in [0.5, 0.6) is 0 Å². The Morgan fingerprint density at radius 1 is 1.25 bits per heavy atom. The molecule has 1 aromatic rings. The lowest BCUT2D eigenvalue weighted by Crippen LogP contribution is -2.59. The Balaban J connectivity index is 1.54. The van der Waals surface area contributed by atoms with Crippen molar-refractivity contribution in [3.63, 3.8) is 0 Å². The van der Waals surface area contributed by atoms with Gasteiger partial charge in [0.15, 0.2) is 0 Å². The number of amides is 1. The smallest absolute Gasteiger partial charge is 0.254 e. The van der Waals surface area contributed by atoms with Gasteiger partial charge in [0, 0.05) is 5.54 Å². The van der Waals surface area contributed by atoms with Gasteiger partial charge in [-0.25, -0.2) is 4.98 Å². The Morgan fingerprint density at radius 2 is 1.88 bits per heavy atom. The van der Waals surface area contributed by atoms with Crippen LogP contribution >= 0.6 is 23.4 Å². The van der Waals surface area contributed by atoms with Crippen molar-refractivity contribution < 1.29 is 4.79 Å². The van der Waals surface area contributed by atoms with Crippen molar-refractivity contribution >= 4 is 29.3 Å². The number of pyridine rings is 1. The van der Waals surface area contributed by atoms with Crippen molar-refractivity contribution in [3.05, 3.63) is 22.8 Å². The molecule has 4 aliphatic rings. The first-order chi connectivity index (χ1) is 11.6. The summed E-state index contributed by atoms with van der Waals surface area (Å²) in [5.41, 5.74) is 0.728. The zero-order chi connectivity index (χ0) is 16.7. The van der Waals surface area contributed by atoms with E-state index < -0.39 is 0 Å². The van der Waals surface area contributed by atoms with Crippen LogP contribution in [0.1, 0.15) is 62.2 Å². The maximum atomic E-state index is 13.0. The molecule has 4 aliphatic carbocycles. The normalized spacial score (nSPS) is 33.7. The molecule has 1 N–H and O–H groups in total. The molecule has 0 radical (unpaired) electrons. The lowest BCUT2D eigenvalue weighted by molar-refractivity contribution is -0.0167. The van der Waals surface area contributed by atoms with Crippen molar-refractivity contribution in [3.8, 4) is 0 Å². The number of hydrogen-bond acceptors (Lipinski definition) is 3. The quantitative estimate of drug-likeness (QED) is 0.594. The number of thioether (sulfide) groups is 1. The standard InChI is InChI=1S/C19H25ClN2OS/c1-2-5-24-18-15(3-4-16(20)21-18)17(23)22-19-9-12-6-13(10-19)8-14(7-12)11-19/h3-4,12-14H,2,5-11H2,1H3,(H,22,23). The molecule has 4 fully saturated rings. The fraction of sp³-hybridized carbons (Fsp3) is 0.684. The third-order valence-corrected chi connectivity index (χ3v) is 7.34. The molecule has 0 spiro atoms. The fourth-order valence-electron chi connectivity index (χ4n) is 5.47. The van der Waals surface area contributed by atoms with Gasteiger partial charge < -0.3 is 5.32 Å². The van der Waals surface area contributed by atoms with Gasteiger partial charge in [-0.15, -0.1) is 11.8 Å². The highest BCUT2D eigenvalue weighted by Crippen LogP contribution is 2.55. The van der Waals surface area contributed by atoms with Crippen LogP contribution in [0, 0.1) is 17.8 Å². The SMILES string of the molecule is CCCSc1nc(Cl)ccc1C(=O)NC12CC3CC(CC(C3)C1)C2. The number of hydrogen-bond donors (Lipinski definition) is 1. The zero-order valence-electron chi connectivity index (χ0n) is 14.2. The van der Waals surface area contributed by atoms with E-state index in [0.29, 0.717) is 10.7 Å². The minimum absolute atomic E-state index is 0.0398. The molecule has 0 unspecified atom stereocenters. The summed E-state index contributed by atoms with van der Waals surface area (Å²) in [6.07, 6.45) is 8.71. The van der Waals surface area contributed by atoms with Crippen molar-refractivity contribution in [2.45, 2.75) is 62.4 Å². The molecule has 130 valence electrons. The summed E-state index contributed by atoms with van der Waals surface area (Å²) < 4.78 is 0. The van der Waals surface area contributed by atoms with Crippen molar-refractivity contribution in [2.24, 2.45) is 17.8 Å². The zero-order valence-corrected chi connectivity index (χ0v) is 15.8. The topological polar surface area (TPSA) is 42.0 Å². The first-order valence-electron chi connectivity index (χ1n) is 9.19. The van der Waals surface area contributed by atoms with Crippen LogP contribution < -0.4 is 5.32 Å². The van der Waals surface area contributed by atoms with Gasteiger partial charge in [-0.1, -0.05) is 18.5 Å². The summed E-state index contributed by atoms with van der Waals surface area (Å²) >= 11 is 7.67. The molecule has 5 rings (SSSR count). The van der Waals surface area contributed by atoms with Gasteiger partial charge in [0.2, 0.25) is 0 Å². The predicted octanol–water partition coefficient (Wildman–Crippen LogP) is 4.94. The summed E-state index contributed by atoms with van der Waals surface area (Å²) in [4.78, 5) is 17.4. The van der Waals surface area contributed by atoms with Crippen molar-refractivity contribution in [1.82, 2.24) is 10.3 Å². The maximum absolute atomic E-state index is 13.0. The van der Waals surface area contributed by atoms with Gasteiger partial charge in [-0.3, -0.25) is 4.79 Å². The van der Waals surface area contributed by atoms with Gasteiger partial charge in [0.25, 0.3) is 5.91 Å². The molecule has 1 aromatic heterocycles. The first kappa shape index (κ1) is 16.7. The van der Waals surface area contributed by atoms with E-state index in [1.54, 1.807) is 17.8 Å². The molecule has 0 aliphatic heterocycles. The average Bonchev–Trinajstić information content (AvgIpc) is 2.51. The highest BCUT2D eigenvalue weighted by atomic mass is 35.5. The largest absolute Gasteiger partial charge is 0.346 e. The number of halogens is 1. The van der Waals surface area contributed by atoms with E-state index >= 15 is 0 Å². The molecule has 0 atom stereocenters. The minimum Gasteiger partial charge on any atom is -0.346 e. The van der Waals surface area contributed by atoms with Gasteiger partial charge >= 0.3 is 0 Å². The summed E-state index contributed by atoms with van der Waals surface area (Å²) in [7, 11) is 0. The second-order valence-electron chi connectivity index (χ2n) is 7.99. The third kappa shape index (κ3) is 3.20. The highest BCUT2D eigenvalue weighted by Gasteiger charge is 2.51. The monoisotopic (exact) mass is 364 g/mol. The van der Waals surface area contributed by atoms with Crippen LogP contribution in [0.25, 0.3) is 0 Å². The van der Waals surface area contributed by atoms with Gasteiger partial charge in [0.05, 0.1) is 5.56 Å². The van der Waals surface area contributed by atoms with E-state index in [1.165, 1.54) is 38.5 Å². The second-order valence-corrected chi connectivity index (χ2v) is 9.46. The number of carbonyl (C=O) groups excluding carboxylic acids is 1. The Bertz CT molecular complexity index is 613. The summed E-state index contributed by atoms with van der Waals surface area (Å²) in [6, 6.07) is 3.56. The summed E-state index contributed by atoms with van der Waals surface area (Å²) in [6.45, 7) is 2.13. The van der Waals surface area contributed by atoms with Crippen LogP contribution in [0.3, 0.4) is 0 Å². The van der Waals surface area contributed by atoms with Gasteiger partial charge in [0.1, 0.15) is 10.2 Å². The van der Waals surface area contributed by atoms with Crippen molar-refractivity contribution in [2.75, 3.05) is 5.75 Å². The number of carbonyl (C=O) groups is 1. The average molecular weight is 365 g/mol. The Hall–Kier alpha value is -0.740. The molecular formula is C19H25ClN2OS. The molecule has 1 amide bonds. The predicted molar refractivity (Wildman–Crippen MR) is 98.6 cm³/mol. The molecule has 0 aromatic carbocycles. The lowest BCUT2D eigenvalue weighted by atomic mass is 9.53. The third-order valence-electron chi connectivity index (χ3n) is 5.93. The Morgan fingerprint density at radius 3 is 2.46 bits per heavy atom. The van der Waals surface area contributed by atoms with E-state index in [1.807, 2.05) is 6.07 Å². The second kappa shape index (κ2) is 6.53. The summed E-state index contributed by atoms with van der Waals surface area (Å²) in [5, 5.41) is 4.67. The number of aromatic nitrogens is 1. The van der Waals surface area contributed by atoms with Crippen LogP contribution in [0.2, 0.25) is 5.15 Å². The van der Waals surface area contributed by atoms with E-state index in [4.69, 9.17) is 11.6 Å². The number of rotatable bonds is 5. The molecule has 3 nitrogen and oxygen atoms in total. The highest BCUT2D eigenvalue weighted by molar-refractivity contribution is 7.99. The van der Waals surface area contributed by atoms with Crippen LogP contribution in [-0.4, -0.2) is 22.2 Å². The van der Waals surface area contributed by atoms with Crippen molar-refractivity contribution in [1.29, 1.82) is 0 Å². The number of nitrogens with one attached hydrogen (secondary N) is 1. The molecule has 4 saturated carbocycles. The van der Waals surface area contributed by atoms with Gasteiger partial charge in [-0.2, -0.15) is 0 Å². The van der Waals surface area contributed by atoms with Crippen LogP contribution in [0.4, 0.5) is 0 Å². The lowest BCUT2D eigenvalue weighted by Gasteiger charge is -2.56. The van der Waals surface area contributed by atoms with Crippen LogP contribution in [0.15, 0.2) is 17.2 Å². The molecule has 24 heavy (non-hydrogen) atoms. The fourth-order valence-corrected chi connectivity index (χ4v) is 6.55. The van der Waals surface area contributed by atoms with E-state index in [2.05, 4.69) is 17.2 Å². The molecule has 0 saturated heterocycles. The molecule has 4 bridgehead atoms. The Labute approximate surface area is 153 Å². The Kier molecular flexibility index (Phi) is 4.55. The molecule has 5 heteroatoms. The molecule has 1 heterocycles. The number of nitrogens with zero attached hydrogens (tertiary/aromatic N) is 1. The molecular weight excluding hydrogens is 340 g/mol. The minimum atomic E-state index is 0.0398. The van der Waals surface area contributed by atoms with Gasteiger partial charge in [-0.05, 0) is 80.6 Å².